The third-order valence-electron chi connectivity index (χ3n) is 3.92. The fraction of sp³-hybridized carbons (Fsp3) is 0.706. The van der Waals surface area contributed by atoms with E-state index < -0.39 is 0 Å². The van der Waals surface area contributed by atoms with Gasteiger partial charge in [0.2, 0.25) is 5.88 Å². The van der Waals surface area contributed by atoms with Gasteiger partial charge in [-0.1, -0.05) is 34.6 Å². The number of rotatable bonds is 3. The summed E-state index contributed by atoms with van der Waals surface area (Å²) in [5, 5.41) is 0. The first-order chi connectivity index (χ1) is 8.89. The normalized spacial score (nSPS) is 17.2. The van der Waals surface area contributed by atoms with Crippen LogP contribution >= 0.6 is 0 Å². The molecule has 2 nitrogen and oxygen atoms in total. The van der Waals surface area contributed by atoms with E-state index in [1.807, 2.05) is 6.20 Å². The van der Waals surface area contributed by atoms with Gasteiger partial charge in [0.05, 0.1) is 0 Å². The lowest BCUT2D eigenvalue weighted by Crippen LogP contribution is -2.19. The van der Waals surface area contributed by atoms with Gasteiger partial charge in [-0.2, -0.15) is 0 Å². The predicted octanol–water partition coefficient (Wildman–Crippen LogP) is 4.82. The van der Waals surface area contributed by atoms with Gasteiger partial charge in [-0.15, -0.1) is 0 Å². The Hall–Kier alpha value is -1.05. The molecule has 0 atom stereocenters. The van der Waals surface area contributed by atoms with Crippen molar-refractivity contribution in [1.82, 2.24) is 4.98 Å². The second kappa shape index (κ2) is 5.52. The molecule has 1 aromatic rings. The van der Waals surface area contributed by atoms with Gasteiger partial charge < -0.3 is 4.74 Å². The van der Waals surface area contributed by atoms with Gasteiger partial charge in [0, 0.05) is 11.8 Å². The van der Waals surface area contributed by atoms with Crippen LogP contribution in [0.2, 0.25) is 0 Å². The lowest BCUT2D eigenvalue weighted by molar-refractivity contribution is 0.198. The van der Waals surface area contributed by atoms with Gasteiger partial charge in [-0.25, -0.2) is 4.98 Å². The summed E-state index contributed by atoms with van der Waals surface area (Å²) in [5.74, 6) is 1.31. The molecule has 1 aliphatic rings. The third-order valence-corrected chi connectivity index (χ3v) is 3.92. The number of hydrogen-bond acceptors (Lipinski definition) is 2. The third kappa shape index (κ3) is 3.29. The highest BCUT2D eigenvalue weighted by Gasteiger charge is 2.25. The Labute approximate surface area is 117 Å². The fourth-order valence-corrected chi connectivity index (χ4v) is 2.92. The molecule has 0 N–H and O–H groups in total. The Kier molecular flexibility index (Phi) is 4.17. The molecule has 1 saturated carbocycles. The van der Waals surface area contributed by atoms with E-state index in [0.717, 1.165) is 5.88 Å². The van der Waals surface area contributed by atoms with E-state index >= 15 is 0 Å². The standard InChI is InChI=1S/C17H27NO/c1-12(2)15-14(17(3,4)5)10-11-18-16(15)19-13-8-6-7-9-13/h10-13H,6-9H2,1-5H3. The molecule has 0 unspecified atom stereocenters. The van der Waals surface area contributed by atoms with Crippen LogP contribution < -0.4 is 4.74 Å². The van der Waals surface area contributed by atoms with Crippen molar-refractivity contribution in [2.45, 2.75) is 77.7 Å². The van der Waals surface area contributed by atoms with Crippen molar-refractivity contribution in [1.29, 1.82) is 0 Å². The number of nitrogens with zero attached hydrogens (tertiary/aromatic N) is 1. The average molecular weight is 261 g/mol. The number of pyridine rings is 1. The monoisotopic (exact) mass is 261 g/mol. The van der Waals surface area contributed by atoms with Gasteiger partial charge in [0.25, 0.3) is 0 Å². The van der Waals surface area contributed by atoms with Gasteiger partial charge in [-0.05, 0) is 48.6 Å². The Bertz CT molecular complexity index is 425. The van der Waals surface area contributed by atoms with Crippen LogP contribution in [0.4, 0.5) is 0 Å². The van der Waals surface area contributed by atoms with Crippen molar-refractivity contribution >= 4 is 0 Å². The molecule has 0 radical (unpaired) electrons. The highest BCUT2D eigenvalue weighted by Crippen LogP contribution is 2.36. The highest BCUT2D eigenvalue weighted by molar-refractivity contribution is 5.41. The van der Waals surface area contributed by atoms with Gasteiger partial charge >= 0.3 is 0 Å². The summed E-state index contributed by atoms with van der Waals surface area (Å²) >= 11 is 0. The maximum absolute atomic E-state index is 6.19. The molecular weight excluding hydrogens is 234 g/mol. The van der Waals surface area contributed by atoms with Crippen LogP contribution in [0, 0.1) is 0 Å². The molecule has 0 amide bonds. The Morgan fingerprint density at radius 3 is 2.37 bits per heavy atom. The Balaban J connectivity index is 2.36. The highest BCUT2D eigenvalue weighted by atomic mass is 16.5. The largest absolute Gasteiger partial charge is 0.474 e. The van der Waals surface area contributed by atoms with E-state index in [2.05, 4.69) is 45.7 Å². The zero-order valence-electron chi connectivity index (χ0n) is 13.0. The molecule has 1 fully saturated rings. The van der Waals surface area contributed by atoms with Gasteiger partial charge in [0.1, 0.15) is 6.10 Å². The predicted molar refractivity (Wildman–Crippen MR) is 79.9 cm³/mol. The summed E-state index contributed by atoms with van der Waals surface area (Å²) in [5.41, 5.74) is 2.79. The van der Waals surface area contributed by atoms with Crippen LogP contribution in [0.15, 0.2) is 12.3 Å². The first kappa shape index (κ1) is 14.4. The van der Waals surface area contributed by atoms with Crippen molar-refractivity contribution in [2.75, 3.05) is 0 Å². The van der Waals surface area contributed by atoms with Crippen LogP contribution in [0.25, 0.3) is 0 Å². The first-order valence-corrected chi connectivity index (χ1v) is 7.55. The molecule has 1 aliphatic carbocycles. The van der Waals surface area contributed by atoms with Crippen molar-refractivity contribution in [2.24, 2.45) is 0 Å². The van der Waals surface area contributed by atoms with Crippen LogP contribution in [-0.4, -0.2) is 11.1 Å². The number of ether oxygens (including phenoxy) is 1. The second-order valence-electron chi connectivity index (χ2n) is 7.01. The molecule has 0 bridgehead atoms. The Morgan fingerprint density at radius 2 is 1.84 bits per heavy atom. The maximum Gasteiger partial charge on any atom is 0.217 e. The van der Waals surface area contributed by atoms with Crippen LogP contribution in [0.1, 0.15) is 77.3 Å². The van der Waals surface area contributed by atoms with Crippen molar-refractivity contribution in [3.63, 3.8) is 0 Å². The minimum absolute atomic E-state index is 0.135. The van der Waals surface area contributed by atoms with Crippen LogP contribution in [0.3, 0.4) is 0 Å². The zero-order valence-corrected chi connectivity index (χ0v) is 13.0. The molecule has 2 heteroatoms. The molecule has 1 aromatic heterocycles. The van der Waals surface area contributed by atoms with Crippen LogP contribution in [0.5, 0.6) is 5.88 Å². The van der Waals surface area contributed by atoms with E-state index in [-0.39, 0.29) is 5.41 Å². The van der Waals surface area contributed by atoms with E-state index in [1.54, 1.807) is 0 Å². The summed E-state index contributed by atoms with van der Waals surface area (Å²) in [6.45, 7) is 11.2. The fourth-order valence-electron chi connectivity index (χ4n) is 2.92. The average Bonchev–Trinajstić information content (AvgIpc) is 2.80. The molecular formula is C17H27NO. The summed E-state index contributed by atoms with van der Waals surface area (Å²) < 4.78 is 6.19. The summed E-state index contributed by atoms with van der Waals surface area (Å²) in [6, 6.07) is 2.15. The lowest BCUT2D eigenvalue weighted by atomic mass is 9.81. The summed E-state index contributed by atoms with van der Waals surface area (Å²) in [6.07, 6.45) is 7.22. The topological polar surface area (TPSA) is 22.1 Å². The molecule has 0 saturated heterocycles. The van der Waals surface area contributed by atoms with Crippen LogP contribution in [-0.2, 0) is 5.41 Å². The van der Waals surface area contributed by atoms with E-state index in [4.69, 9.17) is 4.74 Å². The quantitative estimate of drug-likeness (QED) is 0.778. The number of hydrogen-bond donors (Lipinski definition) is 0. The molecule has 0 spiro atoms. The van der Waals surface area contributed by atoms with Crippen molar-refractivity contribution in [3.05, 3.63) is 23.4 Å². The Morgan fingerprint density at radius 1 is 1.21 bits per heavy atom. The molecule has 19 heavy (non-hydrogen) atoms. The van der Waals surface area contributed by atoms with E-state index in [9.17, 15) is 0 Å². The maximum atomic E-state index is 6.19. The smallest absolute Gasteiger partial charge is 0.217 e. The number of aromatic nitrogens is 1. The van der Waals surface area contributed by atoms with Crippen molar-refractivity contribution in [3.8, 4) is 5.88 Å². The molecule has 106 valence electrons. The minimum Gasteiger partial charge on any atom is -0.474 e. The molecule has 1 heterocycles. The first-order valence-electron chi connectivity index (χ1n) is 7.55. The van der Waals surface area contributed by atoms with E-state index in [1.165, 1.54) is 36.8 Å². The van der Waals surface area contributed by atoms with Gasteiger partial charge in [-0.3, -0.25) is 0 Å². The zero-order chi connectivity index (χ0) is 14.0. The second-order valence-corrected chi connectivity index (χ2v) is 7.01. The summed E-state index contributed by atoms with van der Waals surface area (Å²) in [7, 11) is 0. The molecule has 0 aromatic carbocycles. The minimum atomic E-state index is 0.135. The van der Waals surface area contributed by atoms with Gasteiger partial charge in [0.15, 0.2) is 0 Å². The summed E-state index contributed by atoms with van der Waals surface area (Å²) in [4.78, 5) is 4.52. The molecule has 2 rings (SSSR count). The lowest BCUT2D eigenvalue weighted by Gasteiger charge is -2.27. The van der Waals surface area contributed by atoms with E-state index in [0.29, 0.717) is 12.0 Å². The SMILES string of the molecule is CC(C)c1c(C(C)(C)C)ccnc1OC1CCCC1. The van der Waals surface area contributed by atoms with Crippen molar-refractivity contribution < 1.29 is 4.74 Å². The molecule has 0 aliphatic heterocycles.